The van der Waals surface area contributed by atoms with E-state index in [0.717, 1.165) is 12.1 Å². The molecule has 1 aliphatic heterocycles. The number of halogens is 2. The second-order valence-electron chi connectivity index (χ2n) is 5.37. The van der Waals surface area contributed by atoms with Crippen molar-refractivity contribution in [3.05, 3.63) is 33.9 Å². The quantitative estimate of drug-likeness (QED) is 0.584. The molecule has 7 nitrogen and oxygen atoms in total. The van der Waals surface area contributed by atoms with E-state index in [1.165, 1.54) is 6.07 Å². The minimum Gasteiger partial charge on any atom is -0.434 e. The highest BCUT2D eigenvalue weighted by Crippen LogP contribution is 2.26. The van der Waals surface area contributed by atoms with Gasteiger partial charge in [-0.3, -0.25) is 10.1 Å². The molecule has 1 aromatic carbocycles. The molecule has 9 heteroatoms. The van der Waals surface area contributed by atoms with Crippen molar-refractivity contribution >= 4 is 5.69 Å². The average Bonchev–Trinajstić information content (AvgIpc) is 2.48. The zero-order valence-electron chi connectivity index (χ0n) is 12.3. The summed E-state index contributed by atoms with van der Waals surface area (Å²) in [5.41, 5.74) is -0.911. The Morgan fingerprint density at radius 3 is 2.74 bits per heavy atom. The maximum atomic E-state index is 12.4. The van der Waals surface area contributed by atoms with Crippen LogP contribution in [0.15, 0.2) is 18.2 Å². The smallest absolute Gasteiger partial charge is 0.387 e. The molecule has 2 rings (SSSR count). The molecule has 0 aliphatic carbocycles. The van der Waals surface area contributed by atoms with Gasteiger partial charge in [-0.2, -0.15) is 8.78 Å². The van der Waals surface area contributed by atoms with Gasteiger partial charge >= 0.3 is 6.61 Å². The molecule has 23 heavy (non-hydrogen) atoms. The van der Waals surface area contributed by atoms with Crippen molar-refractivity contribution in [3.8, 4) is 5.75 Å². The van der Waals surface area contributed by atoms with E-state index in [0.29, 0.717) is 26.1 Å². The summed E-state index contributed by atoms with van der Waals surface area (Å²) in [6.45, 7) is -1.82. The first kappa shape index (κ1) is 17.5. The number of ether oxygens (including phenoxy) is 2. The molecule has 1 heterocycles. The van der Waals surface area contributed by atoms with E-state index in [-0.39, 0.29) is 30.1 Å². The van der Waals surface area contributed by atoms with Crippen molar-refractivity contribution in [1.82, 2.24) is 5.32 Å². The van der Waals surface area contributed by atoms with Crippen molar-refractivity contribution in [2.24, 2.45) is 0 Å². The molecule has 0 spiro atoms. The molecule has 1 saturated heterocycles. The standard InChI is InChI=1S/C14H18F2N2O5/c15-13(16)23-12-2-1-11(18(20)21)7-10(12)8-17-9-14(19)3-5-22-6-4-14/h1-2,7,13,17,19H,3-6,8-9H2. The van der Waals surface area contributed by atoms with E-state index in [2.05, 4.69) is 10.1 Å². The summed E-state index contributed by atoms with van der Waals surface area (Å²) in [5.74, 6) is -0.128. The molecule has 128 valence electrons. The highest BCUT2D eigenvalue weighted by Gasteiger charge is 2.29. The van der Waals surface area contributed by atoms with Gasteiger partial charge in [0.2, 0.25) is 0 Å². The number of non-ortho nitro benzene ring substituents is 1. The Balaban J connectivity index is 2.03. The van der Waals surface area contributed by atoms with Crippen LogP contribution >= 0.6 is 0 Å². The average molecular weight is 332 g/mol. The predicted octanol–water partition coefficient (Wildman–Crippen LogP) is 1.83. The van der Waals surface area contributed by atoms with Crippen LogP contribution in [-0.2, 0) is 11.3 Å². The number of benzene rings is 1. The summed E-state index contributed by atoms with van der Waals surface area (Å²) in [7, 11) is 0. The fraction of sp³-hybridized carbons (Fsp3) is 0.571. The first-order chi connectivity index (χ1) is 10.9. The number of alkyl halides is 2. The van der Waals surface area contributed by atoms with Crippen molar-refractivity contribution in [1.29, 1.82) is 0 Å². The van der Waals surface area contributed by atoms with Gasteiger partial charge in [0.25, 0.3) is 5.69 Å². The van der Waals surface area contributed by atoms with Gasteiger partial charge in [-0.15, -0.1) is 0 Å². The topological polar surface area (TPSA) is 93.9 Å². The molecule has 1 aromatic rings. The lowest BCUT2D eigenvalue weighted by Gasteiger charge is -2.32. The summed E-state index contributed by atoms with van der Waals surface area (Å²) >= 11 is 0. The van der Waals surface area contributed by atoms with Crippen LogP contribution in [-0.4, -0.2) is 42.0 Å². The van der Waals surface area contributed by atoms with Crippen molar-refractivity contribution in [2.45, 2.75) is 31.6 Å². The number of hydrogen-bond acceptors (Lipinski definition) is 6. The van der Waals surface area contributed by atoms with E-state index in [1.54, 1.807) is 0 Å². The molecule has 1 fully saturated rings. The maximum absolute atomic E-state index is 12.4. The summed E-state index contributed by atoms with van der Waals surface area (Å²) in [6.07, 6.45) is 0.935. The predicted molar refractivity (Wildman–Crippen MR) is 76.4 cm³/mol. The molecule has 1 aliphatic rings. The number of aliphatic hydroxyl groups is 1. The molecule has 0 saturated carbocycles. The lowest BCUT2D eigenvalue weighted by Crippen LogP contribution is -2.44. The SMILES string of the molecule is O=[N+]([O-])c1ccc(OC(F)F)c(CNCC2(O)CCOCC2)c1. The van der Waals surface area contributed by atoms with Gasteiger partial charge in [0.15, 0.2) is 0 Å². The molecule has 0 atom stereocenters. The van der Waals surface area contributed by atoms with E-state index in [4.69, 9.17) is 4.74 Å². The highest BCUT2D eigenvalue weighted by atomic mass is 19.3. The zero-order valence-corrected chi connectivity index (χ0v) is 12.3. The largest absolute Gasteiger partial charge is 0.434 e. The number of rotatable bonds is 7. The van der Waals surface area contributed by atoms with Crippen LogP contribution < -0.4 is 10.1 Å². The minimum absolute atomic E-state index is 0.0624. The summed E-state index contributed by atoms with van der Waals surface area (Å²) in [4.78, 5) is 10.2. The zero-order chi connectivity index (χ0) is 16.9. The van der Waals surface area contributed by atoms with E-state index >= 15 is 0 Å². The fourth-order valence-electron chi connectivity index (χ4n) is 2.39. The van der Waals surface area contributed by atoms with Gasteiger partial charge in [-0.1, -0.05) is 0 Å². The molecule has 0 bridgehead atoms. The normalized spacial score (nSPS) is 17.2. The van der Waals surface area contributed by atoms with Gasteiger partial charge in [-0.05, 0) is 6.07 Å². The van der Waals surface area contributed by atoms with E-state index < -0.39 is 17.1 Å². The van der Waals surface area contributed by atoms with Gasteiger partial charge in [-0.25, -0.2) is 0 Å². The third-order valence-corrected chi connectivity index (χ3v) is 3.66. The fourth-order valence-corrected chi connectivity index (χ4v) is 2.39. The van der Waals surface area contributed by atoms with Crippen molar-refractivity contribution < 1.29 is 28.3 Å². The summed E-state index contributed by atoms with van der Waals surface area (Å²) < 4.78 is 34.3. The molecular weight excluding hydrogens is 314 g/mol. The second kappa shape index (κ2) is 7.62. The van der Waals surface area contributed by atoms with Gasteiger partial charge in [0.1, 0.15) is 5.75 Å². The number of nitro benzene ring substituents is 1. The van der Waals surface area contributed by atoms with Gasteiger partial charge < -0.3 is 19.9 Å². The van der Waals surface area contributed by atoms with Crippen LogP contribution in [0.5, 0.6) is 5.75 Å². The lowest BCUT2D eigenvalue weighted by molar-refractivity contribution is -0.385. The molecule has 0 radical (unpaired) electrons. The molecule has 0 unspecified atom stereocenters. The van der Waals surface area contributed by atoms with Crippen LogP contribution in [0.2, 0.25) is 0 Å². The Bertz CT molecular complexity index is 550. The number of nitro groups is 1. The maximum Gasteiger partial charge on any atom is 0.387 e. The number of nitrogens with zero attached hydrogens (tertiary/aromatic N) is 1. The van der Waals surface area contributed by atoms with Gasteiger partial charge in [0.05, 0.1) is 10.5 Å². The minimum atomic E-state index is -3.02. The van der Waals surface area contributed by atoms with Crippen LogP contribution in [0.3, 0.4) is 0 Å². The van der Waals surface area contributed by atoms with Crippen LogP contribution in [0, 0.1) is 10.1 Å². The Hall–Kier alpha value is -1.84. The molecule has 0 amide bonds. The van der Waals surface area contributed by atoms with Gasteiger partial charge in [0, 0.05) is 56.8 Å². The molecule has 2 N–H and O–H groups in total. The monoisotopic (exact) mass is 332 g/mol. The van der Waals surface area contributed by atoms with Crippen molar-refractivity contribution in [2.75, 3.05) is 19.8 Å². The Labute approximate surface area is 131 Å². The first-order valence-corrected chi connectivity index (χ1v) is 7.13. The summed E-state index contributed by atoms with van der Waals surface area (Å²) in [6, 6.07) is 3.43. The lowest BCUT2D eigenvalue weighted by atomic mass is 9.94. The number of hydrogen-bond donors (Lipinski definition) is 2. The first-order valence-electron chi connectivity index (χ1n) is 7.13. The summed E-state index contributed by atoms with van der Waals surface area (Å²) in [5, 5.41) is 24.0. The van der Waals surface area contributed by atoms with E-state index in [1.807, 2.05) is 0 Å². The Morgan fingerprint density at radius 1 is 1.43 bits per heavy atom. The van der Waals surface area contributed by atoms with Crippen molar-refractivity contribution in [3.63, 3.8) is 0 Å². The Morgan fingerprint density at radius 2 is 2.13 bits per heavy atom. The van der Waals surface area contributed by atoms with Crippen LogP contribution in [0.25, 0.3) is 0 Å². The third kappa shape index (κ3) is 5.08. The molecule has 0 aromatic heterocycles. The van der Waals surface area contributed by atoms with E-state index in [9.17, 15) is 24.0 Å². The Kier molecular flexibility index (Phi) is 5.80. The second-order valence-corrected chi connectivity index (χ2v) is 5.37. The highest BCUT2D eigenvalue weighted by molar-refractivity contribution is 5.43. The molecular formula is C14H18F2N2O5. The number of nitrogens with one attached hydrogen (secondary N) is 1. The third-order valence-electron chi connectivity index (χ3n) is 3.66. The van der Waals surface area contributed by atoms with Crippen LogP contribution in [0.4, 0.5) is 14.5 Å². The van der Waals surface area contributed by atoms with Crippen LogP contribution in [0.1, 0.15) is 18.4 Å².